The van der Waals surface area contributed by atoms with Crippen LogP contribution in [0.2, 0.25) is 0 Å². The summed E-state index contributed by atoms with van der Waals surface area (Å²) in [7, 11) is -3.47. The Bertz CT molecular complexity index is 964. The molecule has 1 aliphatic heterocycles. The second-order valence-electron chi connectivity index (χ2n) is 6.89. The van der Waals surface area contributed by atoms with Crippen molar-refractivity contribution in [2.75, 3.05) is 32.7 Å². The fourth-order valence-electron chi connectivity index (χ4n) is 3.21. The maximum Gasteiger partial charge on any atom is 0.220 e. The molecule has 2 heterocycles. The summed E-state index contributed by atoms with van der Waals surface area (Å²) in [5, 5.41) is 16.1. The molecule has 1 saturated heterocycles. The van der Waals surface area contributed by atoms with Crippen LogP contribution < -0.4 is 5.32 Å². The van der Waals surface area contributed by atoms with Crippen molar-refractivity contribution >= 4 is 40.0 Å². The van der Waals surface area contributed by atoms with E-state index in [1.54, 1.807) is 18.2 Å². The largest absolute Gasteiger partial charge is 0.392 e. The Morgan fingerprint density at radius 1 is 1.29 bits per heavy atom. The number of hydrogen-bond donors (Lipinski definition) is 2. The van der Waals surface area contributed by atoms with E-state index in [0.29, 0.717) is 50.9 Å². The first-order valence-electron chi connectivity index (χ1n) is 9.71. The van der Waals surface area contributed by atoms with Gasteiger partial charge in [0.15, 0.2) is 5.96 Å². The molecule has 0 saturated carbocycles. The number of piperazine rings is 1. The Labute approximate surface area is 198 Å². The van der Waals surface area contributed by atoms with E-state index in [1.165, 1.54) is 16.6 Å². The maximum atomic E-state index is 13.6. The van der Waals surface area contributed by atoms with Crippen molar-refractivity contribution in [1.82, 2.24) is 19.7 Å². The minimum absolute atomic E-state index is 0. The van der Waals surface area contributed by atoms with Gasteiger partial charge in [-0.15, -0.1) is 24.0 Å². The van der Waals surface area contributed by atoms with Gasteiger partial charge in [0, 0.05) is 44.4 Å². The zero-order valence-corrected chi connectivity index (χ0v) is 20.3. The lowest BCUT2D eigenvalue weighted by molar-refractivity contribution is 0.259. The van der Waals surface area contributed by atoms with Crippen LogP contribution in [0.1, 0.15) is 23.7 Å². The second kappa shape index (κ2) is 11.7. The number of guanidine groups is 1. The molecule has 172 valence electrons. The SMILES string of the molecule is CCNC(=NCc1ccc(F)c(CO)c1)N1CCN(S(=O)(=O)Cc2ccon2)CC1.I. The standard InChI is InChI=1S/C19H26FN5O4S.HI/c1-2-21-19(22-12-15-3-4-18(20)16(11-15)13-26)24-6-8-25(9-7-24)30(27,28)14-17-5-10-29-23-17;/h3-5,10-11,26H,2,6-9,12-14H2,1H3,(H,21,22);1H. The lowest BCUT2D eigenvalue weighted by Gasteiger charge is -2.35. The van der Waals surface area contributed by atoms with Crippen molar-refractivity contribution in [2.24, 2.45) is 4.99 Å². The molecule has 1 aromatic carbocycles. The molecule has 0 bridgehead atoms. The molecule has 31 heavy (non-hydrogen) atoms. The van der Waals surface area contributed by atoms with E-state index in [2.05, 4.69) is 15.5 Å². The zero-order chi connectivity index (χ0) is 21.6. The molecule has 1 aromatic heterocycles. The summed E-state index contributed by atoms with van der Waals surface area (Å²) in [5.74, 6) is 0.0381. The van der Waals surface area contributed by atoms with Gasteiger partial charge < -0.3 is 19.8 Å². The normalized spacial score (nSPS) is 15.6. The molecule has 0 aliphatic carbocycles. The number of aliphatic imine (C=N–C) groups is 1. The number of aliphatic hydroxyl groups is 1. The first-order chi connectivity index (χ1) is 14.4. The van der Waals surface area contributed by atoms with Crippen LogP contribution in [-0.2, 0) is 28.9 Å². The predicted molar refractivity (Wildman–Crippen MR) is 125 cm³/mol. The molecule has 1 aliphatic rings. The van der Waals surface area contributed by atoms with E-state index in [0.717, 1.165) is 5.56 Å². The number of rotatable bonds is 7. The quantitative estimate of drug-likeness (QED) is 0.297. The number of aliphatic hydroxyl groups excluding tert-OH is 1. The summed E-state index contributed by atoms with van der Waals surface area (Å²) in [6.07, 6.45) is 1.35. The highest BCUT2D eigenvalue weighted by Crippen LogP contribution is 2.14. The van der Waals surface area contributed by atoms with Gasteiger partial charge in [0.05, 0.1) is 18.8 Å². The van der Waals surface area contributed by atoms with Crippen LogP contribution in [0.5, 0.6) is 0 Å². The van der Waals surface area contributed by atoms with Crippen molar-refractivity contribution in [3.8, 4) is 0 Å². The Morgan fingerprint density at radius 3 is 2.65 bits per heavy atom. The summed E-state index contributed by atoms with van der Waals surface area (Å²) in [5.41, 5.74) is 1.40. The van der Waals surface area contributed by atoms with Gasteiger partial charge in [0.1, 0.15) is 17.8 Å². The molecule has 3 rings (SSSR count). The lowest BCUT2D eigenvalue weighted by Crippen LogP contribution is -2.53. The summed E-state index contributed by atoms with van der Waals surface area (Å²) in [6.45, 7) is 4.25. The van der Waals surface area contributed by atoms with Gasteiger partial charge in [-0.2, -0.15) is 4.31 Å². The third kappa shape index (κ3) is 6.85. The smallest absolute Gasteiger partial charge is 0.220 e. The summed E-state index contributed by atoms with van der Waals surface area (Å²) in [4.78, 5) is 6.60. The van der Waals surface area contributed by atoms with Crippen LogP contribution in [0.15, 0.2) is 40.0 Å². The number of nitrogens with one attached hydrogen (secondary N) is 1. The third-order valence-corrected chi connectivity index (χ3v) is 6.59. The minimum atomic E-state index is -3.47. The maximum absolute atomic E-state index is 13.6. The molecule has 12 heteroatoms. The zero-order valence-electron chi connectivity index (χ0n) is 17.2. The fraction of sp³-hybridized carbons (Fsp3) is 0.474. The van der Waals surface area contributed by atoms with E-state index >= 15 is 0 Å². The number of nitrogens with zero attached hydrogens (tertiary/aromatic N) is 4. The summed E-state index contributed by atoms with van der Waals surface area (Å²) < 4.78 is 44.9. The molecular weight excluding hydrogens is 540 g/mol. The Hall–Kier alpha value is -1.77. The molecule has 0 radical (unpaired) electrons. The van der Waals surface area contributed by atoms with E-state index in [4.69, 9.17) is 4.52 Å². The van der Waals surface area contributed by atoms with E-state index in [1.807, 2.05) is 11.8 Å². The number of halogens is 2. The number of benzene rings is 1. The number of aromatic nitrogens is 1. The molecular formula is C19H27FIN5O4S. The lowest BCUT2D eigenvalue weighted by atomic mass is 10.1. The Morgan fingerprint density at radius 2 is 2.03 bits per heavy atom. The summed E-state index contributed by atoms with van der Waals surface area (Å²) in [6, 6.07) is 6.09. The monoisotopic (exact) mass is 567 g/mol. The van der Waals surface area contributed by atoms with Gasteiger partial charge in [-0.1, -0.05) is 11.2 Å². The third-order valence-electron chi connectivity index (χ3n) is 4.78. The van der Waals surface area contributed by atoms with Crippen LogP contribution in [0, 0.1) is 5.82 Å². The van der Waals surface area contributed by atoms with Gasteiger partial charge in [-0.25, -0.2) is 17.8 Å². The molecule has 0 atom stereocenters. The molecule has 1 fully saturated rings. The fourth-order valence-corrected chi connectivity index (χ4v) is 4.63. The molecule has 0 unspecified atom stereocenters. The average molecular weight is 567 g/mol. The van der Waals surface area contributed by atoms with E-state index in [9.17, 15) is 17.9 Å². The highest BCUT2D eigenvalue weighted by Gasteiger charge is 2.29. The van der Waals surface area contributed by atoms with Crippen LogP contribution in [0.3, 0.4) is 0 Å². The highest BCUT2D eigenvalue weighted by molar-refractivity contribution is 14.0. The van der Waals surface area contributed by atoms with Gasteiger partial charge in [0.2, 0.25) is 10.0 Å². The van der Waals surface area contributed by atoms with Crippen LogP contribution in [0.4, 0.5) is 4.39 Å². The topological polar surface area (TPSA) is 111 Å². The Kier molecular flexibility index (Phi) is 9.65. The van der Waals surface area contributed by atoms with Crippen molar-refractivity contribution in [2.45, 2.75) is 25.8 Å². The van der Waals surface area contributed by atoms with Crippen LogP contribution in [-0.4, -0.2) is 66.6 Å². The van der Waals surface area contributed by atoms with Crippen molar-refractivity contribution in [3.05, 3.63) is 53.2 Å². The van der Waals surface area contributed by atoms with Crippen molar-refractivity contribution in [3.63, 3.8) is 0 Å². The van der Waals surface area contributed by atoms with Gasteiger partial charge in [-0.3, -0.25) is 0 Å². The van der Waals surface area contributed by atoms with Gasteiger partial charge >= 0.3 is 0 Å². The number of hydrogen-bond acceptors (Lipinski definition) is 6. The molecule has 9 nitrogen and oxygen atoms in total. The first kappa shape index (κ1) is 25.5. The van der Waals surface area contributed by atoms with E-state index in [-0.39, 0.29) is 41.9 Å². The molecule has 2 N–H and O–H groups in total. The van der Waals surface area contributed by atoms with Crippen LogP contribution in [0.25, 0.3) is 0 Å². The van der Waals surface area contributed by atoms with Gasteiger partial charge in [-0.05, 0) is 24.6 Å². The van der Waals surface area contributed by atoms with E-state index < -0.39 is 15.8 Å². The minimum Gasteiger partial charge on any atom is -0.392 e. The van der Waals surface area contributed by atoms with Crippen LogP contribution >= 0.6 is 24.0 Å². The van der Waals surface area contributed by atoms with Crippen molar-refractivity contribution < 1.29 is 22.4 Å². The highest BCUT2D eigenvalue weighted by atomic mass is 127. The predicted octanol–water partition coefficient (Wildman–Crippen LogP) is 1.54. The molecule has 2 aromatic rings. The summed E-state index contributed by atoms with van der Waals surface area (Å²) >= 11 is 0. The number of sulfonamides is 1. The Balaban J connectivity index is 0.00000341. The van der Waals surface area contributed by atoms with Gasteiger partial charge in [0.25, 0.3) is 0 Å². The molecule has 0 spiro atoms. The van der Waals surface area contributed by atoms with Crippen molar-refractivity contribution in [1.29, 1.82) is 0 Å². The molecule has 0 amide bonds. The first-order valence-corrected chi connectivity index (χ1v) is 11.3. The average Bonchev–Trinajstić information content (AvgIpc) is 3.24. The second-order valence-corrected chi connectivity index (χ2v) is 8.86.